The molecule has 3 nitrogen and oxygen atoms in total. The Labute approximate surface area is 89.0 Å². The zero-order chi connectivity index (χ0) is 10.7. The summed E-state index contributed by atoms with van der Waals surface area (Å²) < 4.78 is 10.2. The molecule has 0 amide bonds. The Morgan fingerprint density at radius 3 is 3.13 bits per heavy atom. The second-order valence-electron chi connectivity index (χ2n) is 3.59. The van der Waals surface area contributed by atoms with Crippen LogP contribution >= 0.6 is 0 Å². The van der Waals surface area contributed by atoms with Gasteiger partial charge in [-0.2, -0.15) is 0 Å². The molecule has 0 fully saturated rings. The first kappa shape index (κ1) is 10.2. The van der Waals surface area contributed by atoms with Gasteiger partial charge in [0.1, 0.15) is 0 Å². The molecule has 0 aromatic heterocycles. The highest BCUT2D eigenvalue weighted by molar-refractivity contribution is 5.70. The lowest BCUT2D eigenvalue weighted by Crippen LogP contribution is -2.19. The van der Waals surface area contributed by atoms with Gasteiger partial charge in [-0.05, 0) is 17.5 Å². The highest BCUT2D eigenvalue weighted by Gasteiger charge is 2.23. The average molecular weight is 206 g/mol. The summed E-state index contributed by atoms with van der Waals surface area (Å²) in [6, 6.07) is 8.08. The van der Waals surface area contributed by atoms with Crippen molar-refractivity contribution in [1.82, 2.24) is 0 Å². The van der Waals surface area contributed by atoms with E-state index in [1.165, 1.54) is 12.7 Å². The molecular formula is C12H14O3. The molecule has 0 unspecified atom stereocenters. The van der Waals surface area contributed by atoms with E-state index in [2.05, 4.69) is 10.8 Å². The van der Waals surface area contributed by atoms with Crippen LogP contribution in [-0.2, 0) is 20.7 Å². The van der Waals surface area contributed by atoms with E-state index in [0.717, 1.165) is 12.0 Å². The number of fused-ring (bicyclic) bond motifs is 1. The smallest absolute Gasteiger partial charge is 0.308 e. The van der Waals surface area contributed by atoms with Crippen molar-refractivity contribution >= 4 is 5.97 Å². The quantitative estimate of drug-likeness (QED) is 0.693. The summed E-state index contributed by atoms with van der Waals surface area (Å²) in [5, 5.41) is 0. The van der Waals surface area contributed by atoms with Crippen molar-refractivity contribution in [3.8, 4) is 0 Å². The maximum atomic E-state index is 11.2. The average Bonchev–Trinajstić information content (AvgIpc) is 2.29. The summed E-state index contributed by atoms with van der Waals surface area (Å²) in [5.74, 6) is -0.225. The minimum atomic E-state index is -0.225. The Morgan fingerprint density at radius 2 is 2.33 bits per heavy atom. The Bertz CT molecular complexity index is 360. The monoisotopic (exact) mass is 206 g/mol. The van der Waals surface area contributed by atoms with Gasteiger partial charge < -0.3 is 9.47 Å². The minimum absolute atomic E-state index is 0.137. The number of carbonyl (C=O) groups is 1. The van der Waals surface area contributed by atoms with Gasteiger partial charge in [-0.25, -0.2) is 0 Å². The van der Waals surface area contributed by atoms with Crippen LogP contribution in [0.1, 0.15) is 23.7 Å². The third kappa shape index (κ3) is 2.18. The van der Waals surface area contributed by atoms with E-state index < -0.39 is 0 Å². The Morgan fingerprint density at radius 1 is 1.53 bits per heavy atom. The molecule has 1 aromatic rings. The van der Waals surface area contributed by atoms with E-state index in [0.29, 0.717) is 13.0 Å². The van der Waals surface area contributed by atoms with Crippen LogP contribution in [-0.4, -0.2) is 19.7 Å². The zero-order valence-electron chi connectivity index (χ0n) is 8.73. The number of hydrogen-bond acceptors (Lipinski definition) is 3. The maximum Gasteiger partial charge on any atom is 0.308 e. The van der Waals surface area contributed by atoms with Crippen LogP contribution in [0.2, 0.25) is 0 Å². The number of rotatable bonds is 2. The van der Waals surface area contributed by atoms with E-state index in [4.69, 9.17) is 4.74 Å². The molecule has 0 saturated heterocycles. The van der Waals surface area contributed by atoms with Gasteiger partial charge in [-0.15, -0.1) is 0 Å². The molecule has 1 atom stereocenters. The topological polar surface area (TPSA) is 35.5 Å². The van der Waals surface area contributed by atoms with Crippen molar-refractivity contribution in [2.75, 3.05) is 13.7 Å². The van der Waals surface area contributed by atoms with E-state index in [1.54, 1.807) is 0 Å². The predicted octanol–water partition coefficient (Wildman–Crippen LogP) is 1.86. The SMILES string of the molecule is COC(=O)C[C@H]1OCCc2ccccc21. The molecule has 80 valence electrons. The molecule has 0 saturated carbocycles. The van der Waals surface area contributed by atoms with Gasteiger partial charge in [0.25, 0.3) is 0 Å². The lowest BCUT2D eigenvalue weighted by molar-refractivity contribution is -0.144. The van der Waals surface area contributed by atoms with E-state index in [-0.39, 0.29) is 12.1 Å². The van der Waals surface area contributed by atoms with Crippen LogP contribution in [0.5, 0.6) is 0 Å². The standard InChI is InChI=1S/C12H14O3/c1-14-12(13)8-11-10-5-3-2-4-9(10)6-7-15-11/h2-5,11H,6-8H2,1H3/t11-/m1/s1. The number of carbonyl (C=O) groups excluding carboxylic acids is 1. The summed E-state index contributed by atoms with van der Waals surface area (Å²) in [7, 11) is 1.40. The highest BCUT2D eigenvalue weighted by Crippen LogP contribution is 2.29. The normalized spacial score (nSPS) is 19.4. The van der Waals surface area contributed by atoms with Crippen molar-refractivity contribution < 1.29 is 14.3 Å². The van der Waals surface area contributed by atoms with Crippen LogP contribution in [0.25, 0.3) is 0 Å². The Kier molecular flexibility index (Phi) is 3.02. The first-order valence-electron chi connectivity index (χ1n) is 5.07. The number of esters is 1. The summed E-state index contributed by atoms with van der Waals surface area (Å²) in [6.07, 6.45) is 1.09. The first-order valence-corrected chi connectivity index (χ1v) is 5.07. The van der Waals surface area contributed by atoms with Crippen LogP contribution in [0, 0.1) is 0 Å². The third-order valence-electron chi connectivity index (χ3n) is 2.67. The molecule has 1 aromatic carbocycles. The fraction of sp³-hybridized carbons (Fsp3) is 0.417. The van der Waals surface area contributed by atoms with Gasteiger partial charge in [-0.3, -0.25) is 4.79 Å². The fourth-order valence-electron chi connectivity index (χ4n) is 1.88. The molecule has 3 heteroatoms. The van der Waals surface area contributed by atoms with Crippen molar-refractivity contribution in [2.45, 2.75) is 18.9 Å². The summed E-state index contributed by atoms with van der Waals surface area (Å²) >= 11 is 0. The molecule has 1 aliphatic heterocycles. The maximum absolute atomic E-state index is 11.2. The predicted molar refractivity (Wildman–Crippen MR) is 55.5 cm³/mol. The molecule has 1 aliphatic rings. The van der Waals surface area contributed by atoms with Crippen molar-refractivity contribution in [3.05, 3.63) is 35.4 Å². The lowest BCUT2D eigenvalue weighted by Gasteiger charge is -2.25. The van der Waals surface area contributed by atoms with Crippen LogP contribution in [0.15, 0.2) is 24.3 Å². The van der Waals surface area contributed by atoms with Gasteiger partial charge in [0.15, 0.2) is 0 Å². The van der Waals surface area contributed by atoms with E-state index >= 15 is 0 Å². The van der Waals surface area contributed by atoms with Crippen LogP contribution < -0.4 is 0 Å². The largest absolute Gasteiger partial charge is 0.469 e. The molecule has 0 N–H and O–H groups in total. The summed E-state index contributed by atoms with van der Waals surface area (Å²) in [6.45, 7) is 0.679. The van der Waals surface area contributed by atoms with Gasteiger partial charge in [0.2, 0.25) is 0 Å². The number of hydrogen-bond donors (Lipinski definition) is 0. The van der Waals surface area contributed by atoms with Gasteiger partial charge in [0.05, 0.1) is 26.2 Å². The second kappa shape index (κ2) is 4.45. The van der Waals surface area contributed by atoms with Crippen molar-refractivity contribution in [2.24, 2.45) is 0 Å². The lowest BCUT2D eigenvalue weighted by atomic mass is 9.96. The van der Waals surface area contributed by atoms with Crippen LogP contribution in [0.3, 0.4) is 0 Å². The van der Waals surface area contributed by atoms with Gasteiger partial charge in [-0.1, -0.05) is 24.3 Å². The molecule has 0 spiro atoms. The molecular weight excluding hydrogens is 192 g/mol. The number of ether oxygens (including phenoxy) is 2. The fourth-order valence-corrected chi connectivity index (χ4v) is 1.88. The molecule has 15 heavy (non-hydrogen) atoms. The Hall–Kier alpha value is -1.35. The number of methoxy groups -OCH3 is 1. The first-order chi connectivity index (χ1) is 7.31. The van der Waals surface area contributed by atoms with Gasteiger partial charge >= 0.3 is 5.97 Å². The van der Waals surface area contributed by atoms with E-state index in [9.17, 15) is 4.79 Å². The van der Waals surface area contributed by atoms with E-state index in [1.807, 2.05) is 18.2 Å². The van der Waals surface area contributed by atoms with Crippen LogP contribution in [0.4, 0.5) is 0 Å². The van der Waals surface area contributed by atoms with Crippen molar-refractivity contribution in [3.63, 3.8) is 0 Å². The molecule has 1 heterocycles. The van der Waals surface area contributed by atoms with Gasteiger partial charge in [0, 0.05) is 0 Å². The Balaban J connectivity index is 2.18. The minimum Gasteiger partial charge on any atom is -0.469 e. The zero-order valence-corrected chi connectivity index (χ0v) is 8.73. The summed E-state index contributed by atoms with van der Waals surface area (Å²) in [5.41, 5.74) is 2.40. The van der Waals surface area contributed by atoms with Crippen molar-refractivity contribution in [1.29, 1.82) is 0 Å². The summed E-state index contributed by atoms with van der Waals surface area (Å²) in [4.78, 5) is 11.2. The molecule has 0 radical (unpaired) electrons. The second-order valence-corrected chi connectivity index (χ2v) is 3.59. The molecule has 2 rings (SSSR count). The molecule has 0 bridgehead atoms. The highest BCUT2D eigenvalue weighted by atomic mass is 16.5. The third-order valence-corrected chi connectivity index (χ3v) is 2.67. The molecule has 0 aliphatic carbocycles. The number of benzene rings is 1.